The number of carbonyl (C=O) groups is 2. The van der Waals surface area contributed by atoms with Crippen molar-refractivity contribution in [2.24, 2.45) is 0 Å². The predicted octanol–water partition coefficient (Wildman–Crippen LogP) is 2.53. The second-order valence-electron chi connectivity index (χ2n) is 3.24. The van der Waals surface area contributed by atoms with E-state index in [1.165, 1.54) is 20.1 Å². The fourth-order valence-electron chi connectivity index (χ4n) is 1.02. The molecule has 0 bridgehead atoms. The molecular weight excluding hydrogens is 196 g/mol. The molecule has 15 heavy (non-hydrogen) atoms. The molecule has 0 aliphatic heterocycles. The number of rotatable bonds is 6. The van der Waals surface area contributed by atoms with E-state index in [2.05, 4.69) is 11.7 Å². The maximum atomic E-state index is 10.7. The van der Waals surface area contributed by atoms with Gasteiger partial charge >= 0.3 is 11.9 Å². The summed E-state index contributed by atoms with van der Waals surface area (Å²) < 4.78 is 9.55. The van der Waals surface area contributed by atoms with Gasteiger partial charge in [0.1, 0.15) is 12.0 Å². The summed E-state index contributed by atoms with van der Waals surface area (Å²) in [6.45, 7) is 4.71. The molecule has 86 valence electrons. The first-order chi connectivity index (χ1) is 7.06. The molecule has 0 N–H and O–H groups in total. The Hall–Kier alpha value is -1.32. The van der Waals surface area contributed by atoms with E-state index in [1.54, 1.807) is 0 Å². The van der Waals surface area contributed by atoms with Gasteiger partial charge in [0.15, 0.2) is 0 Å². The van der Waals surface area contributed by atoms with Crippen molar-refractivity contribution in [1.29, 1.82) is 0 Å². The number of allylic oxidation sites excluding steroid dienone is 1. The van der Waals surface area contributed by atoms with E-state index in [0.717, 1.165) is 19.3 Å². The summed E-state index contributed by atoms with van der Waals surface area (Å²) in [5, 5.41) is 0. The van der Waals surface area contributed by atoms with Gasteiger partial charge in [-0.3, -0.25) is 9.59 Å². The Morgan fingerprint density at radius 1 is 1.13 bits per heavy atom. The molecule has 0 saturated heterocycles. The van der Waals surface area contributed by atoms with Gasteiger partial charge in [-0.15, -0.1) is 0 Å². The van der Waals surface area contributed by atoms with Crippen molar-refractivity contribution in [2.75, 3.05) is 0 Å². The molecule has 0 atom stereocenters. The van der Waals surface area contributed by atoms with E-state index >= 15 is 0 Å². The zero-order valence-corrected chi connectivity index (χ0v) is 9.54. The van der Waals surface area contributed by atoms with E-state index in [-0.39, 0.29) is 0 Å². The van der Waals surface area contributed by atoms with Crippen LogP contribution in [-0.4, -0.2) is 11.9 Å². The molecule has 4 nitrogen and oxygen atoms in total. The van der Waals surface area contributed by atoms with Crippen molar-refractivity contribution in [3.05, 3.63) is 12.0 Å². The van der Waals surface area contributed by atoms with E-state index < -0.39 is 11.9 Å². The van der Waals surface area contributed by atoms with Gasteiger partial charge in [-0.25, -0.2) is 0 Å². The highest BCUT2D eigenvalue weighted by atomic mass is 16.6. The van der Waals surface area contributed by atoms with Crippen LogP contribution in [0.5, 0.6) is 0 Å². The van der Waals surface area contributed by atoms with Crippen LogP contribution in [0.25, 0.3) is 0 Å². The number of carbonyl (C=O) groups excluding carboxylic acids is 2. The molecule has 0 aliphatic rings. The zero-order valence-electron chi connectivity index (χ0n) is 9.54. The predicted molar refractivity (Wildman–Crippen MR) is 55.8 cm³/mol. The molecule has 0 radical (unpaired) electrons. The van der Waals surface area contributed by atoms with Crippen LogP contribution >= 0.6 is 0 Å². The van der Waals surface area contributed by atoms with Crippen LogP contribution in [0.2, 0.25) is 0 Å². The Labute approximate surface area is 90.2 Å². The van der Waals surface area contributed by atoms with Crippen LogP contribution in [-0.2, 0) is 19.1 Å². The van der Waals surface area contributed by atoms with Gasteiger partial charge in [0.05, 0.1) is 0 Å². The van der Waals surface area contributed by atoms with Gasteiger partial charge in [0.2, 0.25) is 0 Å². The maximum absolute atomic E-state index is 10.7. The number of ether oxygens (including phenoxy) is 2. The number of hydrogen-bond donors (Lipinski definition) is 0. The highest BCUT2D eigenvalue weighted by Gasteiger charge is 2.03. The van der Waals surface area contributed by atoms with E-state index in [1.807, 2.05) is 0 Å². The lowest BCUT2D eigenvalue weighted by Gasteiger charge is -2.06. The normalized spacial score (nSPS) is 11.0. The van der Waals surface area contributed by atoms with Crippen LogP contribution in [0.1, 0.15) is 46.5 Å². The number of unbranched alkanes of at least 4 members (excludes halogenated alkanes) is 2. The fourth-order valence-corrected chi connectivity index (χ4v) is 1.02. The first-order valence-electron chi connectivity index (χ1n) is 5.11. The summed E-state index contributed by atoms with van der Waals surface area (Å²) in [6, 6.07) is 0. The quantitative estimate of drug-likeness (QED) is 0.387. The number of esters is 2. The first kappa shape index (κ1) is 13.7. The molecular formula is C11H18O4. The lowest BCUT2D eigenvalue weighted by Crippen LogP contribution is -2.01. The smallest absolute Gasteiger partial charge is 0.307 e. The van der Waals surface area contributed by atoms with Crippen molar-refractivity contribution in [2.45, 2.75) is 46.5 Å². The number of hydrogen-bond acceptors (Lipinski definition) is 4. The SMILES string of the molecule is CCCCC/C(=C/OC(C)=O)OC(C)=O. The van der Waals surface area contributed by atoms with Crippen molar-refractivity contribution >= 4 is 11.9 Å². The van der Waals surface area contributed by atoms with Crippen LogP contribution < -0.4 is 0 Å². The van der Waals surface area contributed by atoms with Gasteiger partial charge in [-0.2, -0.15) is 0 Å². The lowest BCUT2D eigenvalue weighted by molar-refractivity contribution is -0.140. The third-order valence-electron chi connectivity index (χ3n) is 1.66. The molecule has 0 aromatic rings. The standard InChI is InChI=1S/C11H18O4/c1-4-5-6-7-11(15-10(3)13)8-14-9(2)12/h8H,4-7H2,1-3H3/b11-8-. The molecule has 0 heterocycles. The second kappa shape index (κ2) is 8.03. The minimum Gasteiger partial charge on any atom is -0.431 e. The molecule has 0 aromatic carbocycles. The van der Waals surface area contributed by atoms with Crippen LogP contribution in [0, 0.1) is 0 Å². The van der Waals surface area contributed by atoms with Crippen molar-refractivity contribution in [3.63, 3.8) is 0 Å². The average molecular weight is 214 g/mol. The van der Waals surface area contributed by atoms with Gasteiger partial charge in [0, 0.05) is 20.3 Å². The first-order valence-corrected chi connectivity index (χ1v) is 5.11. The fraction of sp³-hybridized carbons (Fsp3) is 0.636. The van der Waals surface area contributed by atoms with Crippen molar-refractivity contribution < 1.29 is 19.1 Å². The van der Waals surface area contributed by atoms with Gasteiger partial charge in [0.25, 0.3) is 0 Å². The Bertz CT molecular complexity index is 243. The minimum absolute atomic E-state index is 0.398. The topological polar surface area (TPSA) is 52.6 Å². The molecule has 0 aliphatic carbocycles. The Kier molecular flexibility index (Phi) is 7.32. The highest BCUT2D eigenvalue weighted by Crippen LogP contribution is 2.11. The molecule has 0 saturated carbocycles. The molecule has 0 fully saturated rings. The van der Waals surface area contributed by atoms with Gasteiger partial charge in [-0.05, 0) is 6.42 Å². The van der Waals surface area contributed by atoms with Crippen LogP contribution in [0.15, 0.2) is 12.0 Å². The van der Waals surface area contributed by atoms with E-state index in [4.69, 9.17) is 4.74 Å². The summed E-state index contributed by atoms with van der Waals surface area (Å²) in [4.78, 5) is 21.3. The van der Waals surface area contributed by atoms with Gasteiger partial charge in [-0.1, -0.05) is 19.8 Å². The Balaban J connectivity index is 4.10. The lowest BCUT2D eigenvalue weighted by atomic mass is 10.2. The molecule has 0 rings (SSSR count). The summed E-state index contributed by atoms with van der Waals surface area (Å²) >= 11 is 0. The van der Waals surface area contributed by atoms with Crippen molar-refractivity contribution in [3.8, 4) is 0 Å². The summed E-state index contributed by atoms with van der Waals surface area (Å²) in [5.74, 6) is -0.411. The molecule has 0 spiro atoms. The van der Waals surface area contributed by atoms with E-state index in [9.17, 15) is 9.59 Å². The minimum atomic E-state index is -0.421. The Morgan fingerprint density at radius 3 is 2.27 bits per heavy atom. The second-order valence-corrected chi connectivity index (χ2v) is 3.24. The molecule has 0 unspecified atom stereocenters. The summed E-state index contributed by atoms with van der Waals surface area (Å²) in [6.07, 6.45) is 4.87. The van der Waals surface area contributed by atoms with Crippen LogP contribution in [0.4, 0.5) is 0 Å². The molecule has 4 heteroatoms. The zero-order chi connectivity index (χ0) is 11.7. The Morgan fingerprint density at radius 2 is 1.80 bits per heavy atom. The van der Waals surface area contributed by atoms with Crippen molar-refractivity contribution in [1.82, 2.24) is 0 Å². The third-order valence-corrected chi connectivity index (χ3v) is 1.66. The molecule has 0 aromatic heterocycles. The highest BCUT2D eigenvalue weighted by molar-refractivity contribution is 5.68. The van der Waals surface area contributed by atoms with E-state index in [0.29, 0.717) is 12.2 Å². The largest absolute Gasteiger partial charge is 0.431 e. The summed E-state index contributed by atoms with van der Waals surface area (Å²) in [5.41, 5.74) is 0. The van der Waals surface area contributed by atoms with Crippen LogP contribution in [0.3, 0.4) is 0 Å². The monoisotopic (exact) mass is 214 g/mol. The van der Waals surface area contributed by atoms with Gasteiger partial charge < -0.3 is 9.47 Å². The maximum Gasteiger partial charge on any atom is 0.307 e. The molecule has 0 amide bonds. The summed E-state index contributed by atoms with van der Waals surface area (Å²) in [7, 11) is 0. The average Bonchev–Trinajstić information content (AvgIpc) is 2.13. The third kappa shape index (κ3) is 9.00.